The first-order chi connectivity index (χ1) is 17.0. The van der Waals surface area contributed by atoms with E-state index in [9.17, 15) is 26.4 Å². The van der Waals surface area contributed by atoms with Gasteiger partial charge in [0.15, 0.2) is 11.8 Å². The molecule has 1 N–H and O–H groups in total. The van der Waals surface area contributed by atoms with Gasteiger partial charge in [0, 0.05) is 30.8 Å². The van der Waals surface area contributed by atoms with Crippen molar-refractivity contribution in [2.24, 2.45) is 5.41 Å². The van der Waals surface area contributed by atoms with Crippen LogP contribution in [0.5, 0.6) is 0 Å². The van der Waals surface area contributed by atoms with Crippen molar-refractivity contribution in [3.8, 4) is 0 Å². The Hall–Kier alpha value is -2.31. The van der Waals surface area contributed by atoms with Crippen LogP contribution in [0.1, 0.15) is 31.2 Å². The molecule has 1 aromatic carbocycles. The Morgan fingerprint density at radius 3 is 2.58 bits per heavy atom. The minimum absolute atomic E-state index is 0.0239. The molecule has 0 bridgehead atoms. The second-order valence-corrected chi connectivity index (χ2v) is 11.6. The van der Waals surface area contributed by atoms with Crippen molar-refractivity contribution in [2.45, 2.75) is 61.5 Å². The molecule has 5 atom stereocenters. The number of halogens is 5. The summed E-state index contributed by atoms with van der Waals surface area (Å²) in [5, 5.41) is 0. The van der Waals surface area contributed by atoms with Crippen molar-refractivity contribution in [3.63, 3.8) is 0 Å². The molecule has 0 aromatic heterocycles. The van der Waals surface area contributed by atoms with Crippen LogP contribution in [-0.2, 0) is 19.6 Å². The molecule has 0 radical (unpaired) electrons. The standard InChI is InChI=1S/C24H25F5N2O4S/c25-15-4-1-3-14(11-15)16-5-2-7-24(29,19(16)26)12-17-20(30-36(33,34)22(27)28)23(8-9-23)13-31(17)21(32)18-6-10-35-18/h1-5,7,11,17-20,22,30H,6,8-10,12-13H2/t17-,18+,19?,20+,24?/m0/s1. The topological polar surface area (TPSA) is 75.7 Å². The van der Waals surface area contributed by atoms with E-state index in [4.69, 9.17) is 4.74 Å². The first kappa shape index (κ1) is 25.3. The van der Waals surface area contributed by atoms with Gasteiger partial charge in [0.2, 0.25) is 0 Å². The highest BCUT2D eigenvalue weighted by Crippen LogP contribution is 2.57. The summed E-state index contributed by atoms with van der Waals surface area (Å²) in [6.45, 7) is 0.377. The first-order valence-electron chi connectivity index (χ1n) is 11.7. The van der Waals surface area contributed by atoms with Crippen LogP contribution in [-0.4, -0.2) is 68.2 Å². The van der Waals surface area contributed by atoms with Crippen LogP contribution in [0.15, 0.2) is 42.5 Å². The molecular weight excluding hydrogens is 507 g/mol. The Bertz CT molecular complexity index is 1210. The van der Waals surface area contributed by atoms with Crippen LogP contribution in [0, 0.1) is 11.2 Å². The quantitative estimate of drug-likeness (QED) is 0.546. The number of allylic oxidation sites excluding steroid dienone is 4. The number of benzene rings is 1. The molecule has 5 rings (SSSR count). The molecule has 6 nitrogen and oxygen atoms in total. The lowest BCUT2D eigenvalue weighted by atomic mass is 9.80. The van der Waals surface area contributed by atoms with E-state index in [2.05, 4.69) is 0 Å². The lowest BCUT2D eigenvalue weighted by Crippen LogP contribution is -2.55. The van der Waals surface area contributed by atoms with E-state index in [1.165, 1.54) is 29.2 Å². The van der Waals surface area contributed by atoms with Crippen LogP contribution in [0.4, 0.5) is 22.0 Å². The fourth-order valence-electron chi connectivity index (χ4n) is 5.43. The number of nitrogens with one attached hydrogen (secondary N) is 1. The summed E-state index contributed by atoms with van der Waals surface area (Å²) in [4.78, 5) is 14.4. The largest absolute Gasteiger partial charge is 0.368 e. The van der Waals surface area contributed by atoms with Gasteiger partial charge in [-0.25, -0.2) is 26.3 Å². The molecule has 36 heavy (non-hydrogen) atoms. The predicted octanol–water partition coefficient (Wildman–Crippen LogP) is 3.51. The van der Waals surface area contributed by atoms with E-state index in [1.54, 1.807) is 0 Å². The Balaban J connectivity index is 1.48. The third-order valence-electron chi connectivity index (χ3n) is 7.63. The lowest BCUT2D eigenvalue weighted by Gasteiger charge is -2.39. The van der Waals surface area contributed by atoms with Crippen molar-refractivity contribution in [2.75, 3.05) is 13.2 Å². The maximum absolute atomic E-state index is 16.3. The second-order valence-electron chi connectivity index (χ2n) is 9.93. The van der Waals surface area contributed by atoms with Gasteiger partial charge in [-0.3, -0.25) is 4.79 Å². The zero-order valence-electron chi connectivity index (χ0n) is 19.0. The Labute approximate surface area is 205 Å². The zero-order chi connectivity index (χ0) is 25.9. The molecule has 1 saturated carbocycles. The molecule has 12 heteroatoms. The number of carbonyl (C=O) groups is 1. The normalized spacial score (nSPS) is 33.1. The second kappa shape index (κ2) is 8.91. The average molecular weight is 533 g/mol. The Morgan fingerprint density at radius 2 is 2.00 bits per heavy atom. The van der Waals surface area contributed by atoms with Gasteiger partial charge in [-0.15, -0.1) is 0 Å². The minimum Gasteiger partial charge on any atom is -0.368 e. The molecule has 1 amide bonds. The Morgan fingerprint density at radius 1 is 1.28 bits per heavy atom. The molecule has 2 aliphatic carbocycles. The SMILES string of the molecule is O=C([C@H]1CCO1)N1CC2(CC2)[C@H](NS(=O)(=O)C(F)F)[C@@H]1CC1(F)C=CC=C(c2cccc(F)c2)C1F. The number of hydrogen-bond acceptors (Lipinski definition) is 4. The van der Waals surface area contributed by atoms with Crippen molar-refractivity contribution in [1.82, 2.24) is 9.62 Å². The summed E-state index contributed by atoms with van der Waals surface area (Å²) < 4.78 is 104. The highest BCUT2D eigenvalue weighted by Gasteiger charge is 2.64. The monoisotopic (exact) mass is 532 g/mol. The van der Waals surface area contributed by atoms with Gasteiger partial charge in [-0.2, -0.15) is 8.78 Å². The van der Waals surface area contributed by atoms with Gasteiger partial charge in [0.05, 0.1) is 12.6 Å². The van der Waals surface area contributed by atoms with E-state index in [1.807, 2.05) is 4.72 Å². The van der Waals surface area contributed by atoms with E-state index >= 15 is 8.78 Å². The van der Waals surface area contributed by atoms with Crippen LogP contribution in [0.3, 0.4) is 0 Å². The number of alkyl halides is 4. The smallest absolute Gasteiger partial charge is 0.350 e. The fourth-order valence-corrected chi connectivity index (χ4v) is 6.30. The fraction of sp³-hybridized carbons (Fsp3) is 0.542. The number of rotatable bonds is 7. The highest BCUT2D eigenvalue weighted by atomic mass is 32.2. The third kappa shape index (κ3) is 4.37. The summed E-state index contributed by atoms with van der Waals surface area (Å²) in [7, 11) is -5.08. The minimum atomic E-state index is -5.08. The van der Waals surface area contributed by atoms with E-state index in [0.717, 1.165) is 18.2 Å². The summed E-state index contributed by atoms with van der Waals surface area (Å²) in [6.07, 6.45) is 1.11. The number of carbonyl (C=O) groups excluding carboxylic acids is 1. The van der Waals surface area contributed by atoms with Gasteiger partial charge < -0.3 is 9.64 Å². The van der Waals surface area contributed by atoms with E-state index in [0.29, 0.717) is 25.9 Å². The molecule has 2 heterocycles. The average Bonchev–Trinajstić information content (AvgIpc) is 3.50. The predicted molar refractivity (Wildman–Crippen MR) is 120 cm³/mol. The van der Waals surface area contributed by atoms with Crippen LogP contribution in [0.2, 0.25) is 0 Å². The van der Waals surface area contributed by atoms with E-state index < -0.39 is 69.4 Å². The molecule has 1 spiro atoms. The summed E-state index contributed by atoms with van der Waals surface area (Å²) >= 11 is 0. The van der Waals surface area contributed by atoms with Crippen LogP contribution >= 0.6 is 0 Å². The molecule has 3 fully saturated rings. The van der Waals surface area contributed by atoms with E-state index in [-0.39, 0.29) is 17.7 Å². The molecular formula is C24H25F5N2O4S. The van der Waals surface area contributed by atoms with Crippen molar-refractivity contribution >= 4 is 21.5 Å². The van der Waals surface area contributed by atoms with Gasteiger partial charge in [0.25, 0.3) is 15.9 Å². The molecule has 196 valence electrons. The molecule has 2 unspecified atom stereocenters. The maximum atomic E-state index is 16.3. The van der Waals surface area contributed by atoms with Gasteiger partial charge in [-0.1, -0.05) is 24.3 Å². The van der Waals surface area contributed by atoms with Crippen molar-refractivity contribution < 1.29 is 39.9 Å². The molecule has 2 saturated heterocycles. The number of amides is 1. The zero-order valence-corrected chi connectivity index (χ0v) is 19.9. The molecule has 4 aliphatic rings. The maximum Gasteiger partial charge on any atom is 0.350 e. The van der Waals surface area contributed by atoms with Gasteiger partial charge in [-0.05, 0) is 42.2 Å². The number of ether oxygens (including phenoxy) is 1. The third-order valence-corrected chi connectivity index (χ3v) is 8.68. The number of sulfonamides is 1. The molecule has 1 aromatic rings. The van der Waals surface area contributed by atoms with Gasteiger partial charge in [0.1, 0.15) is 11.9 Å². The van der Waals surface area contributed by atoms with Crippen molar-refractivity contribution in [1.29, 1.82) is 0 Å². The van der Waals surface area contributed by atoms with Gasteiger partial charge >= 0.3 is 5.76 Å². The summed E-state index contributed by atoms with van der Waals surface area (Å²) in [5.41, 5.74) is -3.55. The Kier molecular flexibility index (Phi) is 6.27. The number of nitrogens with zero attached hydrogens (tertiary/aromatic N) is 1. The first-order valence-corrected chi connectivity index (χ1v) is 13.2. The van der Waals surface area contributed by atoms with Crippen LogP contribution < -0.4 is 4.72 Å². The highest BCUT2D eigenvalue weighted by molar-refractivity contribution is 7.89. The molecule has 2 aliphatic heterocycles. The summed E-state index contributed by atoms with van der Waals surface area (Å²) in [6, 6.07) is 2.56. The lowest BCUT2D eigenvalue weighted by molar-refractivity contribution is -0.157. The van der Waals surface area contributed by atoms with Crippen LogP contribution in [0.25, 0.3) is 5.57 Å². The number of likely N-dealkylation sites (tertiary alicyclic amines) is 1. The van der Waals surface area contributed by atoms with Crippen molar-refractivity contribution in [3.05, 3.63) is 53.9 Å². The summed E-state index contributed by atoms with van der Waals surface area (Å²) in [5.74, 6) is -4.86. The number of hydrogen-bond donors (Lipinski definition) is 1.